The third-order valence-electron chi connectivity index (χ3n) is 2.36. The Hall–Kier alpha value is -0.770. The average Bonchev–Trinajstić information content (AvgIpc) is 2.24. The summed E-state index contributed by atoms with van der Waals surface area (Å²) in [4.78, 5) is 0. The Morgan fingerprint density at radius 3 is 2.88 bits per heavy atom. The highest BCUT2D eigenvalue weighted by Crippen LogP contribution is 2.26. The van der Waals surface area contributed by atoms with Gasteiger partial charge in [0.15, 0.2) is 0 Å². The lowest BCUT2D eigenvalue weighted by Crippen LogP contribution is -2.16. The molecule has 16 heavy (non-hydrogen) atoms. The molecule has 0 unspecified atom stereocenters. The van der Waals surface area contributed by atoms with Crippen molar-refractivity contribution in [3.05, 3.63) is 28.3 Å². The van der Waals surface area contributed by atoms with E-state index in [2.05, 4.69) is 5.32 Å². The number of phenols is 1. The van der Waals surface area contributed by atoms with Gasteiger partial charge in [-0.2, -0.15) is 0 Å². The second-order valence-corrected chi connectivity index (χ2v) is 4.19. The van der Waals surface area contributed by atoms with Crippen molar-refractivity contribution in [1.82, 2.24) is 5.32 Å². The third-order valence-corrected chi connectivity index (χ3v) is 2.58. The van der Waals surface area contributed by atoms with Gasteiger partial charge in [0.1, 0.15) is 5.75 Å². The van der Waals surface area contributed by atoms with Crippen LogP contribution in [0.25, 0.3) is 0 Å². The maximum atomic E-state index is 9.80. The molecule has 0 saturated carbocycles. The van der Waals surface area contributed by atoms with Gasteiger partial charge in [-0.1, -0.05) is 11.6 Å². The summed E-state index contributed by atoms with van der Waals surface area (Å²) in [6, 6.07) is 3.54. The van der Waals surface area contributed by atoms with Crippen molar-refractivity contribution in [2.45, 2.75) is 19.9 Å². The van der Waals surface area contributed by atoms with Crippen LogP contribution in [0.1, 0.15) is 17.5 Å². The molecule has 0 heterocycles. The zero-order valence-corrected chi connectivity index (χ0v) is 10.5. The van der Waals surface area contributed by atoms with E-state index in [0.717, 1.165) is 30.7 Å². The number of benzene rings is 1. The smallest absolute Gasteiger partial charge is 0.123 e. The first kappa shape index (κ1) is 13.3. The molecule has 0 aromatic heterocycles. The van der Waals surface area contributed by atoms with Crippen LogP contribution in [-0.4, -0.2) is 25.4 Å². The molecule has 1 aromatic carbocycles. The van der Waals surface area contributed by atoms with Gasteiger partial charge in [0.25, 0.3) is 0 Å². The molecule has 0 fully saturated rings. The van der Waals surface area contributed by atoms with E-state index < -0.39 is 0 Å². The number of hydrogen-bond donors (Lipinski definition) is 2. The Balaban J connectivity index is 2.47. The lowest BCUT2D eigenvalue weighted by atomic mass is 10.1. The summed E-state index contributed by atoms with van der Waals surface area (Å²) in [5, 5.41) is 13.7. The molecule has 1 aromatic rings. The minimum absolute atomic E-state index is 0.323. The lowest BCUT2D eigenvalue weighted by Gasteiger charge is -2.09. The summed E-state index contributed by atoms with van der Waals surface area (Å²) in [7, 11) is 1.69. The van der Waals surface area contributed by atoms with Crippen LogP contribution in [0.15, 0.2) is 12.1 Å². The fourth-order valence-electron chi connectivity index (χ4n) is 1.50. The van der Waals surface area contributed by atoms with Gasteiger partial charge in [-0.3, -0.25) is 0 Å². The molecule has 0 aliphatic rings. The molecule has 0 saturated heterocycles. The molecule has 4 heteroatoms. The number of methoxy groups -OCH3 is 1. The van der Waals surface area contributed by atoms with Crippen molar-refractivity contribution >= 4 is 11.6 Å². The van der Waals surface area contributed by atoms with Crippen LogP contribution in [0.5, 0.6) is 5.75 Å². The number of phenolic OH excluding ortho intramolecular Hbond substituents is 1. The largest absolute Gasteiger partial charge is 0.507 e. The van der Waals surface area contributed by atoms with Gasteiger partial charge in [-0.15, -0.1) is 0 Å². The van der Waals surface area contributed by atoms with E-state index in [1.165, 1.54) is 0 Å². The van der Waals surface area contributed by atoms with Crippen LogP contribution >= 0.6 is 11.6 Å². The highest BCUT2D eigenvalue weighted by Gasteiger charge is 2.05. The lowest BCUT2D eigenvalue weighted by molar-refractivity contribution is 0.194. The number of halogens is 1. The second-order valence-electron chi connectivity index (χ2n) is 3.75. The molecule has 0 aliphatic heterocycles. The molecule has 0 spiro atoms. The molecule has 1 rings (SSSR count). The van der Waals surface area contributed by atoms with Crippen molar-refractivity contribution < 1.29 is 9.84 Å². The van der Waals surface area contributed by atoms with E-state index in [4.69, 9.17) is 16.3 Å². The maximum absolute atomic E-state index is 9.80. The number of aryl methyl sites for hydroxylation is 1. The molecule has 3 nitrogen and oxygen atoms in total. The van der Waals surface area contributed by atoms with Gasteiger partial charge in [-0.05, 0) is 37.6 Å². The quantitative estimate of drug-likeness (QED) is 0.755. The van der Waals surface area contributed by atoms with E-state index in [1.807, 2.05) is 6.92 Å². The maximum Gasteiger partial charge on any atom is 0.123 e. The van der Waals surface area contributed by atoms with E-state index >= 15 is 0 Å². The van der Waals surface area contributed by atoms with E-state index in [9.17, 15) is 5.11 Å². The van der Waals surface area contributed by atoms with E-state index in [1.54, 1.807) is 19.2 Å². The molecular formula is C12H18ClNO2. The Bertz CT molecular complexity index is 342. The van der Waals surface area contributed by atoms with E-state index in [0.29, 0.717) is 17.3 Å². The third kappa shape index (κ3) is 4.00. The van der Waals surface area contributed by atoms with Crippen molar-refractivity contribution in [3.8, 4) is 5.75 Å². The predicted molar refractivity (Wildman–Crippen MR) is 66.1 cm³/mol. The van der Waals surface area contributed by atoms with Crippen molar-refractivity contribution in [2.75, 3.05) is 20.3 Å². The Morgan fingerprint density at radius 2 is 2.19 bits per heavy atom. The van der Waals surface area contributed by atoms with Gasteiger partial charge >= 0.3 is 0 Å². The molecule has 2 N–H and O–H groups in total. The minimum atomic E-state index is 0.323. The first-order valence-corrected chi connectivity index (χ1v) is 5.70. The zero-order chi connectivity index (χ0) is 12.0. The number of aromatic hydroxyl groups is 1. The van der Waals surface area contributed by atoms with Crippen LogP contribution in [0.3, 0.4) is 0 Å². The number of rotatable bonds is 6. The predicted octanol–water partition coefficient (Wildman–Crippen LogP) is 2.48. The van der Waals surface area contributed by atoms with Crippen molar-refractivity contribution in [2.24, 2.45) is 0 Å². The molecule has 0 amide bonds. The fourth-order valence-corrected chi connectivity index (χ4v) is 1.80. The van der Waals surface area contributed by atoms with Crippen LogP contribution in [-0.2, 0) is 11.3 Å². The monoisotopic (exact) mass is 243 g/mol. The highest BCUT2D eigenvalue weighted by molar-refractivity contribution is 6.30. The average molecular weight is 244 g/mol. The zero-order valence-electron chi connectivity index (χ0n) is 9.72. The minimum Gasteiger partial charge on any atom is -0.507 e. The number of hydrogen-bond acceptors (Lipinski definition) is 3. The van der Waals surface area contributed by atoms with Crippen LogP contribution in [0.4, 0.5) is 0 Å². The first-order chi connectivity index (χ1) is 7.65. The molecule has 0 bridgehead atoms. The van der Waals surface area contributed by atoms with Crippen molar-refractivity contribution in [3.63, 3.8) is 0 Å². The standard InChI is InChI=1S/C12H18ClNO2/c1-9-6-11(13)7-10(12(9)15)8-14-4-3-5-16-2/h6-7,14-15H,3-5,8H2,1-2H3. The number of nitrogens with one attached hydrogen (secondary N) is 1. The summed E-state index contributed by atoms with van der Waals surface area (Å²) < 4.78 is 4.95. The van der Waals surface area contributed by atoms with Gasteiger partial charge in [0, 0.05) is 30.8 Å². The van der Waals surface area contributed by atoms with Crippen LogP contribution in [0.2, 0.25) is 5.02 Å². The molecule has 0 radical (unpaired) electrons. The fraction of sp³-hybridized carbons (Fsp3) is 0.500. The van der Waals surface area contributed by atoms with Gasteiger partial charge in [-0.25, -0.2) is 0 Å². The van der Waals surface area contributed by atoms with Crippen molar-refractivity contribution in [1.29, 1.82) is 0 Å². The molecule has 90 valence electrons. The first-order valence-electron chi connectivity index (χ1n) is 5.32. The summed E-state index contributed by atoms with van der Waals surface area (Å²) in [5.74, 6) is 0.323. The van der Waals surface area contributed by atoms with Gasteiger partial charge in [0.05, 0.1) is 0 Å². The number of ether oxygens (including phenoxy) is 1. The Kier molecular flexibility index (Phi) is 5.60. The molecule has 0 atom stereocenters. The molecule has 0 aliphatic carbocycles. The summed E-state index contributed by atoms with van der Waals surface area (Å²) in [6.07, 6.45) is 0.955. The Morgan fingerprint density at radius 1 is 1.44 bits per heavy atom. The summed E-state index contributed by atoms with van der Waals surface area (Å²) in [5.41, 5.74) is 1.64. The second kappa shape index (κ2) is 6.74. The topological polar surface area (TPSA) is 41.5 Å². The SMILES string of the molecule is COCCCNCc1cc(Cl)cc(C)c1O. The van der Waals surface area contributed by atoms with Crippen LogP contribution < -0.4 is 5.32 Å². The van der Waals surface area contributed by atoms with Gasteiger partial charge < -0.3 is 15.2 Å². The highest BCUT2D eigenvalue weighted by atomic mass is 35.5. The Labute approximate surface area is 101 Å². The molecular weight excluding hydrogens is 226 g/mol. The summed E-state index contributed by atoms with van der Waals surface area (Å²) in [6.45, 7) is 4.07. The normalized spacial score (nSPS) is 10.7. The summed E-state index contributed by atoms with van der Waals surface area (Å²) >= 11 is 5.93. The van der Waals surface area contributed by atoms with Crippen LogP contribution in [0, 0.1) is 6.92 Å². The van der Waals surface area contributed by atoms with E-state index in [-0.39, 0.29) is 0 Å². The van der Waals surface area contributed by atoms with Gasteiger partial charge in [0.2, 0.25) is 0 Å².